The molecule has 0 aromatic heterocycles. The zero-order chi connectivity index (χ0) is 12.4. The quantitative estimate of drug-likeness (QED) is 0.700. The lowest BCUT2D eigenvalue weighted by molar-refractivity contribution is -0.123. The predicted octanol–water partition coefficient (Wildman–Crippen LogP) is 1.01. The van der Waals surface area contributed by atoms with Crippen LogP contribution in [0.3, 0.4) is 0 Å². The van der Waals surface area contributed by atoms with Crippen molar-refractivity contribution in [2.45, 2.75) is 31.3 Å². The van der Waals surface area contributed by atoms with Crippen molar-refractivity contribution in [1.29, 1.82) is 0 Å². The molecule has 0 radical (unpaired) electrons. The maximum absolute atomic E-state index is 11.8. The van der Waals surface area contributed by atoms with E-state index in [4.69, 9.17) is 9.47 Å². The van der Waals surface area contributed by atoms with Crippen molar-refractivity contribution in [3.8, 4) is 0 Å². The molecule has 4 nitrogen and oxygen atoms in total. The molecule has 2 aliphatic rings. The fraction of sp³-hybridized carbons (Fsp3) is 0.917. The van der Waals surface area contributed by atoms with Crippen LogP contribution in [-0.2, 0) is 14.3 Å². The van der Waals surface area contributed by atoms with Crippen molar-refractivity contribution in [2.75, 3.05) is 32.6 Å². The third kappa shape index (κ3) is 3.14. The molecule has 1 unspecified atom stereocenters. The van der Waals surface area contributed by atoms with Gasteiger partial charge in [-0.3, -0.25) is 4.79 Å². The zero-order valence-corrected chi connectivity index (χ0v) is 11.2. The highest BCUT2D eigenvalue weighted by molar-refractivity contribution is 7.80. The highest BCUT2D eigenvalue weighted by atomic mass is 32.1. The van der Waals surface area contributed by atoms with Crippen LogP contribution in [0.25, 0.3) is 0 Å². The zero-order valence-electron chi connectivity index (χ0n) is 10.3. The summed E-state index contributed by atoms with van der Waals surface area (Å²) in [5.74, 6) is 0.916. The van der Waals surface area contributed by atoms with E-state index in [1.807, 2.05) is 0 Å². The molecule has 17 heavy (non-hydrogen) atoms. The van der Waals surface area contributed by atoms with Crippen molar-refractivity contribution >= 4 is 18.5 Å². The molecule has 1 atom stereocenters. The Balaban J connectivity index is 1.75. The van der Waals surface area contributed by atoms with Gasteiger partial charge in [0.25, 0.3) is 0 Å². The Morgan fingerprint density at radius 1 is 1.47 bits per heavy atom. The van der Waals surface area contributed by atoms with Gasteiger partial charge in [0.1, 0.15) is 5.60 Å². The Morgan fingerprint density at radius 2 is 2.24 bits per heavy atom. The molecule has 0 bridgehead atoms. The first-order chi connectivity index (χ1) is 8.14. The predicted molar refractivity (Wildman–Crippen MR) is 68.3 cm³/mol. The van der Waals surface area contributed by atoms with E-state index in [9.17, 15) is 4.79 Å². The molecule has 1 saturated heterocycles. The van der Waals surface area contributed by atoms with E-state index in [2.05, 4.69) is 17.9 Å². The van der Waals surface area contributed by atoms with Crippen molar-refractivity contribution in [3.63, 3.8) is 0 Å². The lowest BCUT2D eigenvalue weighted by atomic mass is 10.0. The molecule has 2 fully saturated rings. The van der Waals surface area contributed by atoms with Crippen LogP contribution >= 0.6 is 12.6 Å². The number of methoxy groups -OCH3 is 1. The molecule has 1 heterocycles. The monoisotopic (exact) mass is 259 g/mol. The van der Waals surface area contributed by atoms with E-state index in [1.165, 1.54) is 0 Å². The van der Waals surface area contributed by atoms with Crippen LogP contribution in [0.1, 0.15) is 25.7 Å². The normalized spacial score (nSPS) is 30.2. The lowest BCUT2D eigenvalue weighted by Gasteiger charge is -2.26. The SMILES string of the molecule is COC1(CNC(=O)CC2(CS)CC2)CCOC1. The molecule has 2 rings (SSSR count). The smallest absolute Gasteiger partial charge is 0.220 e. The average Bonchev–Trinajstić information content (AvgIpc) is 2.95. The van der Waals surface area contributed by atoms with E-state index < -0.39 is 0 Å². The summed E-state index contributed by atoms with van der Waals surface area (Å²) in [4.78, 5) is 11.8. The Labute approximate surface area is 108 Å². The fourth-order valence-electron chi connectivity index (χ4n) is 2.19. The van der Waals surface area contributed by atoms with Gasteiger partial charge in [-0.1, -0.05) is 0 Å². The fourth-order valence-corrected chi connectivity index (χ4v) is 2.62. The van der Waals surface area contributed by atoms with E-state index >= 15 is 0 Å². The van der Waals surface area contributed by atoms with E-state index in [0.29, 0.717) is 26.2 Å². The Hall–Kier alpha value is -0.260. The maximum atomic E-state index is 11.8. The van der Waals surface area contributed by atoms with Crippen LogP contribution in [0.15, 0.2) is 0 Å². The molecule has 0 spiro atoms. The van der Waals surface area contributed by atoms with Crippen LogP contribution in [0, 0.1) is 5.41 Å². The first-order valence-electron chi connectivity index (χ1n) is 6.14. The number of carbonyl (C=O) groups is 1. The topological polar surface area (TPSA) is 47.6 Å². The van der Waals surface area contributed by atoms with Crippen LogP contribution in [0.2, 0.25) is 0 Å². The first kappa shape index (κ1) is 13.2. The van der Waals surface area contributed by atoms with Crippen LogP contribution < -0.4 is 5.32 Å². The standard InChI is InChI=1S/C12H21NO3S/c1-15-12(4-5-16-8-12)7-13-10(14)6-11(9-17)2-3-11/h17H,2-9H2,1H3,(H,13,14). The van der Waals surface area contributed by atoms with Gasteiger partial charge in [0.05, 0.1) is 6.61 Å². The van der Waals surface area contributed by atoms with Crippen molar-refractivity contribution in [1.82, 2.24) is 5.32 Å². The van der Waals surface area contributed by atoms with Crippen molar-refractivity contribution < 1.29 is 14.3 Å². The molecule has 0 aromatic rings. The lowest BCUT2D eigenvalue weighted by Crippen LogP contribution is -2.45. The minimum atomic E-state index is -0.312. The third-order valence-corrected chi connectivity index (χ3v) is 4.61. The summed E-state index contributed by atoms with van der Waals surface area (Å²) >= 11 is 4.30. The van der Waals surface area contributed by atoms with Gasteiger partial charge in [-0.05, 0) is 24.0 Å². The summed E-state index contributed by atoms with van der Waals surface area (Å²) in [5, 5.41) is 2.97. The van der Waals surface area contributed by atoms with Crippen LogP contribution in [0.4, 0.5) is 0 Å². The number of amides is 1. The molecule has 1 amide bonds. The van der Waals surface area contributed by atoms with E-state index in [1.54, 1.807) is 7.11 Å². The van der Waals surface area contributed by atoms with E-state index in [-0.39, 0.29) is 16.9 Å². The Morgan fingerprint density at radius 3 is 2.71 bits per heavy atom. The highest BCUT2D eigenvalue weighted by Gasteiger charge is 2.43. The van der Waals surface area contributed by atoms with Crippen molar-refractivity contribution in [3.05, 3.63) is 0 Å². The summed E-state index contributed by atoms with van der Waals surface area (Å²) < 4.78 is 10.8. The van der Waals surface area contributed by atoms with Crippen LogP contribution in [0.5, 0.6) is 0 Å². The van der Waals surface area contributed by atoms with Gasteiger partial charge in [-0.2, -0.15) is 12.6 Å². The second-order valence-electron chi connectivity index (χ2n) is 5.30. The second kappa shape index (κ2) is 5.16. The minimum Gasteiger partial charge on any atom is -0.378 e. The Bertz CT molecular complexity index is 285. The van der Waals surface area contributed by atoms with E-state index in [0.717, 1.165) is 25.0 Å². The van der Waals surface area contributed by atoms with Gasteiger partial charge in [-0.25, -0.2) is 0 Å². The van der Waals surface area contributed by atoms with Gasteiger partial charge in [-0.15, -0.1) is 0 Å². The van der Waals surface area contributed by atoms with Crippen molar-refractivity contribution in [2.24, 2.45) is 5.41 Å². The van der Waals surface area contributed by atoms with Crippen LogP contribution in [-0.4, -0.2) is 44.1 Å². The van der Waals surface area contributed by atoms with Gasteiger partial charge >= 0.3 is 0 Å². The van der Waals surface area contributed by atoms with Gasteiger partial charge < -0.3 is 14.8 Å². The van der Waals surface area contributed by atoms with Gasteiger partial charge in [0.15, 0.2) is 0 Å². The summed E-state index contributed by atoms with van der Waals surface area (Å²) in [6.07, 6.45) is 3.70. The maximum Gasteiger partial charge on any atom is 0.220 e. The minimum absolute atomic E-state index is 0.111. The number of thiol groups is 1. The molecule has 98 valence electrons. The molecular weight excluding hydrogens is 238 g/mol. The molecule has 1 N–H and O–H groups in total. The molecule has 1 saturated carbocycles. The molecular formula is C12H21NO3S. The number of nitrogens with one attached hydrogen (secondary N) is 1. The number of hydrogen-bond donors (Lipinski definition) is 2. The summed E-state index contributed by atoms with van der Waals surface area (Å²) in [7, 11) is 1.68. The number of rotatable bonds is 6. The molecule has 5 heteroatoms. The second-order valence-corrected chi connectivity index (χ2v) is 5.62. The first-order valence-corrected chi connectivity index (χ1v) is 6.77. The highest BCUT2D eigenvalue weighted by Crippen LogP contribution is 2.49. The number of ether oxygens (including phenoxy) is 2. The molecule has 0 aromatic carbocycles. The summed E-state index contributed by atoms with van der Waals surface area (Å²) in [6.45, 7) is 1.83. The largest absolute Gasteiger partial charge is 0.378 e. The Kier molecular flexibility index (Phi) is 4.00. The molecule has 1 aliphatic carbocycles. The molecule has 1 aliphatic heterocycles. The van der Waals surface area contributed by atoms with Gasteiger partial charge in [0, 0.05) is 33.1 Å². The summed E-state index contributed by atoms with van der Waals surface area (Å²) in [5.41, 5.74) is -0.132. The summed E-state index contributed by atoms with van der Waals surface area (Å²) in [6, 6.07) is 0. The third-order valence-electron chi connectivity index (χ3n) is 3.94. The number of carbonyl (C=O) groups excluding carboxylic acids is 1. The van der Waals surface area contributed by atoms with Gasteiger partial charge in [0.2, 0.25) is 5.91 Å². The average molecular weight is 259 g/mol. The number of hydrogen-bond acceptors (Lipinski definition) is 4.